The number of ether oxygens (including phenoxy) is 2. The van der Waals surface area contributed by atoms with Gasteiger partial charge in [0.25, 0.3) is 0 Å². The Labute approximate surface area is 164 Å². The Bertz CT molecular complexity index is 712. The molecule has 0 aliphatic carbocycles. The third kappa shape index (κ3) is 3.91. The van der Waals surface area contributed by atoms with Gasteiger partial charge in [-0.3, -0.25) is 9.59 Å². The summed E-state index contributed by atoms with van der Waals surface area (Å²) in [4.78, 5) is 29.9. The standard InChI is InChI=1S/C21H27FN2O4/c22-17-3-1-16(2-4-17)13-19(25)24-14-18(20(26)23-7-11-28-12-8-23)21(15-24)5-9-27-10-6-21/h1-4,18H,5-15H2/t18-/m1/s1. The Kier molecular flexibility index (Phi) is 5.64. The zero-order chi connectivity index (χ0) is 19.6. The molecule has 0 unspecified atom stereocenters. The molecule has 1 aromatic rings. The van der Waals surface area contributed by atoms with Gasteiger partial charge in [-0.2, -0.15) is 0 Å². The van der Waals surface area contributed by atoms with Gasteiger partial charge in [-0.15, -0.1) is 0 Å². The number of benzene rings is 1. The Hall–Kier alpha value is -1.99. The van der Waals surface area contributed by atoms with Gasteiger partial charge in [-0.25, -0.2) is 4.39 Å². The van der Waals surface area contributed by atoms with Crippen LogP contribution in [0.25, 0.3) is 0 Å². The van der Waals surface area contributed by atoms with Crippen LogP contribution < -0.4 is 0 Å². The molecule has 3 fully saturated rings. The average Bonchev–Trinajstić information content (AvgIpc) is 3.09. The molecule has 3 aliphatic rings. The summed E-state index contributed by atoms with van der Waals surface area (Å²) in [6.45, 7) is 4.69. The highest BCUT2D eigenvalue weighted by atomic mass is 19.1. The first kappa shape index (κ1) is 19.3. The second-order valence-electron chi connectivity index (χ2n) is 8.04. The molecule has 1 atom stereocenters. The third-order valence-corrected chi connectivity index (χ3v) is 6.38. The third-order valence-electron chi connectivity index (χ3n) is 6.38. The number of nitrogens with zero attached hydrogens (tertiary/aromatic N) is 2. The number of halogens is 1. The van der Waals surface area contributed by atoms with Crippen LogP contribution in [-0.4, -0.2) is 74.2 Å². The van der Waals surface area contributed by atoms with Crippen molar-refractivity contribution in [3.63, 3.8) is 0 Å². The van der Waals surface area contributed by atoms with Crippen molar-refractivity contribution in [3.05, 3.63) is 35.6 Å². The van der Waals surface area contributed by atoms with Crippen LogP contribution in [0.4, 0.5) is 4.39 Å². The van der Waals surface area contributed by atoms with E-state index in [1.165, 1.54) is 12.1 Å². The quantitative estimate of drug-likeness (QED) is 0.785. The van der Waals surface area contributed by atoms with E-state index >= 15 is 0 Å². The second kappa shape index (κ2) is 8.17. The van der Waals surface area contributed by atoms with E-state index in [-0.39, 0.29) is 35.4 Å². The summed E-state index contributed by atoms with van der Waals surface area (Å²) in [5, 5.41) is 0. The Morgan fingerprint density at radius 2 is 1.64 bits per heavy atom. The van der Waals surface area contributed by atoms with Crippen molar-refractivity contribution in [1.29, 1.82) is 0 Å². The average molecular weight is 390 g/mol. The van der Waals surface area contributed by atoms with Gasteiger partial charge in [-0.05, 0) is 30.5 Å². The molecule has 3 saturated heterocycles. The van der Waals surface area contributed by atoms with Crippen LogP contribution in [0.1, 0.15) is 18.4 Å². The first-order valence-electron chi connectivity index (χ1n) is 10.0. The zero-order valence-electron chi connectivity index (χ0n) is 16.1. The molecule has 7 heteroatoms. The van der Waals surface area contributed by atoms with E-state index in [1.54, 1.807) is 12.1 Å². The summed E-state index contributed by atoms with van der Waals surface area (Å²) in [6.07, 6.45) is 1.83. The lowest BCUT2D eigenvalue weighted by Gasteiger charge is -2.39. The molecular formula is C21H27FN2O4. The van der Waals surface area contributed by atoms with Gasteiger partial charge in [0, 0.05) is 44.8 Å². The fourth-order valence-corrected chi connectivity index (χ4v) is 4.68. The van der Waals surface area contributed by atoms with Crippen molar-refractivity contribution >= 4 is 11.8 Å². The number of morpholine rings is 1. The molecule has 3 aliphatic heterocycles. The van der Waals surface area contributed by atoms with Gasteiger partial charge >= 0.3 is 0 Å². The molecule has 0 radical (unpaired) electrons. The normalized spacial score (nSPS) is 24.5. The largest absolute Gasteiger partial charge is 0.381 e. The smallest absolute Gasteiger partial charge is 0.228 e. The summed E-state index contributed by atoms with van der Waals surface area (Å²) >= 11 is 0. The topological polar surface area (TPSA) is 59.1 Å². The van der Waals surface area contributed by atoms with E-state index in [0.717, 1.165) is 18.4 Å². The van der Waals surface area contributed by atoms with E-state index in [1.807, 2.05) is 9.80 Å². The van der Waals surface area contributed by atoms with E-state index in [9.17, 15) is 14.0 Å². The molecule has 0 bridgehead atoms. The van der Waals surface area contributed by atoms with Crippen molar-refractivity contribution in [2.45, 2.75) is 19.3 Å². The lowest BCUT2D eigenvalue weighted by atomic mass is 9.71. The minimum absolute atomic E-state index is 0.00486. The number of carbonyl (C=O) groups is 2. The molecule has 1 aromatic carbocycles. The van der Waals surface area contributed by atoms with Crippen LogP contribution in [0.3, 0.4) is 0 Å². The lowest BCUT2D eigenvalue weighted by Crippen LogP contribution is -2.49. The van der Waals surface area contributed by atoms with Crippen LogP contribution >= 0.6 is 0 Å². The minimum atomic E-state index is -0.310. The molecule has 0 N–H and O–H groups in total. The summed E-state index contributed by atoms with van der Waals surface area (Å²) in [5.41, 5.74) is 0.585. The molecule has 1 spiro atoms. The summed E-state index contributed by atoms with van der Waals surface area (Å²) in [6, 6.07) is 6.03. The van der Waals surface area contributed by atoms with Crippen LogP contribution in [0.15, 0.2) is 24.3 Å². The highest BCUT2D eigenvalue weighted by molar-refractivity contribution is 5.84. The van der Waals surface area contributed by atoms with Gasteiger partial charge < -0.3 is 19.3 Å². The highest BCUT2D eigenvalue weighted by Gasteiger charge is 2.52. The molecule has 0 saturated carbocycles. The van der Waals surface area contributed by atoms with Crippen molar-refractivity contribution in [3.8, 4) is 0 Å². The Balaban J connectivity index is 1.49. The summed E-state index contributed by atoms with van der Waals surface area (Å²) in [5.74, 6) is -0.363. The van der Waals surface area contributed by atoms with Crippen LogP contribution in [0.5, 0.6) is 0 Å². The number of rotatable bonds is 3. The van der Waals surface area contributed by atoms with E-state index in [4.69, 9.17) is 9.47 Å². The fraction of sp³-hybridized carbons (Fsp3) is 0.619. The fourth-order valence-electron chi connectivity index (χ4n) is 4.68. The maximum absolute atomic E-state index is 13.3. The molecule has 6 nitrogen and oxygen atoms in total. The minimum Gasteiger partial charge on any atom is -0.381 e. The highest BCUT2D eigenvalue weighted by Crippen LogP contribution is 2.45. The number of likely N-dealkylation sites (tertiary alicyclic amines) is 1. The van der Waals surface area contributed by atoms with Crippen molar-refractivity contribution in [2.75, 3.05) is 52.6 Å². The van der Waals surface area contributed by atoms with E-state index in [0.29, 0.717) is 52.6 Å². The van der Waals surface area contributed by atoms with Crippen molar-refractivity contribution in [2.24, 2.45) is 11.3 Å². The van der Waals surface area contributed by atoms with E-state index < -0.39 is 0 Å². The second-order valence-corrected chi connectivity index (χ2v) is 8.04. The van der Waals surface area contributed by atoms with Gasteiger partial charge in [-0.1, -0.05) is 12.1 Å². The van der Waals surface area contributed by atoms with Gasteiger partial charge in [0.15, 0.2) is 0 Å². The SMILES string of the molecule is O=C(Cc1ccc(F)cc1)N1C[C@H](C(=O)N2CCOCC2)C2(CCOCC2)C1. The number of hydrogen-bond donors (Lipinski definition) is 0. The maximum atomic E-state index is 13.3. The van der Waals surface area contributed by atoms with Crippen LogP contribution in [0, 0.1) is 17.2 Å². The van der Waals surface area contributed by atoms with Crippen molar-refractivity contribution in [1.82, 2.24) is 9.80 Å². The van der Waals surface area contributed by atoms with Crippen molar-refractivity contribution < 1.29 is 23.5 Å². The predicted octanol–water partition coefficient (Wildman–Crippen LogP) is 1.48. The Morgan fingerprint density at radius 1 is 1.00 bits per heavy atom. The summed E-state index contributed by atoms with van der Waals surface area (Å²) in [7, 11) is 0. The molecule has 28 heavy (non-hydrogen) atoms. The van der Waals surface area contributed by atoms with Crippen LogP contribution in [0.2, 0.25) is 0 Å². The number of carbonyl (C=O) groups excluding carboxylic acids is 2. The first-order valence-corrected chi connectivity index (χ1v) is 10.0. The van der Waals surface area contributed by atoms with Gasteiger partial charge in [0.05, 0.1) is 25.6 Å². The van der Waals surface area contributed by atoms with Gasteiger partial charge in [0.1, 0.15) is 5.82 Å². The van der Waals surface area contributed by atoms with E-state index in [2.05, 4.69) is 0 Å². The monoisotopic (exact) mass is 390 g/mol. The predicted molar refractivity (Wildman–Crippen MR) is 100 cm³/mol. The molecular weight excluding hydrogens is 363 g/mol. The maximum Gasteiger partial charge on any atom is 0.228 e. The van der Waals surface area contributed by atoms with Crippen LogP contribution in [-0.2, 0) is 25.5 Å². The first-order chi connectivity index (χ1) is 13.6. The Morgan fingerprint density at radius 3 is 2.32 bits per heavy atom. The van der Waals surface area contributed by atoms with Gasteiger partial charge in [0.2, 0.25) is 11.8 Å². The molecule has 152 valence electrons. The molecule has 0 aromatic heterocycles. The summed E-state index contributed by atoms with van der Waals surface area (Å²) < 4.78 is 24.0. The number of hydrogen-bond acceptors (Lipinski definition) is 4. The molecule has 3 heterocycles. The lowest BCUT2D eigenvalue weighted by molar-refractivity contribution is -0.144. The molecule has 4 rings (SSSR count). The number of amides is 2. The molecule has 2 amide bonds. The zero-order valence-corrected chi connectivity index (χ0v) is 16.1.